The normalized spacial score (nSPS) is 11.0. The quantitative estimate of drug-likeness (QED) is 0.752. The van der Waals surface area contributed by atoms with Gasteiger partial charge >= 0.3 is 0 Å². The summed E-state index contributed by atoms with van der Waals surface area (Å²) in [4.78, 5) is 0. The van der Waals surface area contributed by atoms with Crippen molar-refractivity contribution in [2.24, 2.45) is 0 Å². The lowest BCUT2D eigenvalue weighted by Crippen LogP contribution is -2.06. The van der Waals surface area contributed by atoms with Crippen molar-refractivity contribution in [3.8, 4) is 0 Å². The molecule has 0 saturated carbocycles. The number of halogens is 1. The Morgan fingerprint density at radius 2 is 2.00 bits per heavy atom. The smallest absolute Gasteiger partial charge is 0.0458 e. The molecule has 0 aromatic heterocycles. The van der Waals surface area contributed by atoms with Gasteiger partial charge in [-0.1, -0.05) is 37.6 Å². The standard InChI is InChI=1S/C12H18ClNO/c1-3-10(4-2)11-6-5-9(8-14-15)7-12(11)13/h5-7,10,14-15H,3-4,8H2,1-2H3. The Bertz CT molecular complexity index is 310. The second kappa shape index (κ2) is 6.11. The lowest BCUT2D eigenvalue weighted by molar-refractivity contribution is 0.161. The van der Waals surface area contributed by atoms with E-state index in [9.17, 15) is 0 Å². The fourth-order valence-corrected chi connectivity index (χ4v) is 2.19. The van der Waals surface area contributed by atoms with Gasteiger partial charge in [-0.3, -0.25) is 0 Å². The number of hydroxylamine groups is 1. The molecule has 2 N–H and O–H groups in total. The average Bonchev–Trinajstić information content (AvgIpc) is 2.23. The van der Waals surface area contributed by atoms with Crippen molar-refractivity contribution in [2.75, 3.05) is 0 Å². The Morgan fingerprint density at radius 3 is 2.47 bits per heavy atom. The first-order valence-corrected chi connectivity index (χ1v) is 5.76. The van der Waals surface area contributed by atoms with Gasteiger partial charge in [0.2, 0.25) is 0 Å². The first kappa shape index (κ1) is 12.5. The van der Waals surface area contributed by atoms with Crippen LogP contribution in [0.1, 0.15) is 43.7 Å². The highest BCUT2D eigenvalue weighted by Crippen LogP contribution is 2.30. The van der Waals surface area contributed by atoms with Crippen LogP contribution in [0.15, 0.2) is 18.2 Å². The van der Waals surface area contributed by atoms with Crippen molar-refractivity contribution in [1.82, 2.24) is 5.48 Å². The van der Waals surface area contributed by atoms with Crippen LogP contribution in [-0.4, -0.2) is 5.21 Å². The topological polar surface area (TPSA) is 32.3 Å². The molecule has 0 amide bonds. The average molecular weight is 228 g/mol. The molecule has 0 aliphatic rings. The van der Waals surface area contributed by atoms with Gasteiger partial charge in [0.05, 0.1) is 0 Å². The fourth-order valence-electron chi connectivity index (χ4n) is 1.83. The molecule has 0 saturated heterocycles. The van der Waals surface area contributed by atoms with Crippen molar-refractivity contribution in [1.29, 1.82) is 0 Å². The zero-order chi connectivity index (χ0) is 11.3. The van der Waals surface area contributed by atoms with E-state index in [1.165, 1.54) is 5.56 Å². The van der Waals surface area contributed by atoms with Crippen LogP contribution in [-0.2, 0) is 6.54 Å². The Hall–Kier alpha value is -0.570. The molecule has 0 aliphatic heterocycles. The van der Waals surface area contributed by atoms with Gasteiger partial charge in [-0.05, 0) is 36.0 Å². The minimum absolute atomic E-state index is 0.433. The maximum absolute atomic E-state index is 8.59. The van der Waals surface area contributed by atoms with Crippen LogP contribution >= 0.6 is 11.6 Å². The van der Waals surface area contributed by atoms with Crippen LogP contribution in [0.4, 0.5) is 0 Å². The molecular formula is C12H18ClNO. The molecule has 1 rings (SSSR count). The molecule has 0 fully saturated rings. The van der Waals surface area contributed by atoms with Gasteiger partial charge in [0.15, 0.2) is 0 Å². The molecule has 84 valence electrons. The van der Waals surface area contributed by atoms with Crippen molar-refractivity contribution in [3.63, 3.8) is 0 Å². The molecule has 15 heavy (non-hydrogen) atoms. The van der Waals surface area contributed by atoms with Gasteiger partial charge < -0.3 is 5.21 Å². The van der Waals surface area contributed by atoms with Gasteiger partial charge in [-0.2, -0.15) is 0 Å². The van der Waals surface area contributed by atoms with Gasteiger partial charge in [0.25, 0.3) is 0 Å². The number of nitrogens with one attached hydrogen (secondary N) is 1. The van der Waals surface area contributed by atoms with Crippen LogP contribution in [0.25, 0.3) is 0 Å². The van der Waals surface area contributed by atoms with E-state index in [0.29, 0.717) is 12.5 Å². The second-order valence-corrected chi connectivity index (χ2v) is 4.11. The first-order chi connectivity index (χ1) is 7.22. The second-order valence-electron chi connectivity index (χ2n) is 3.70. The number of rotatable bonds is 5. The van der Waals surface area contributed by atoms with Gasteiger partial charge in [-0.15, -0.1) is 0 Å². The summed E-state index contributed by atoms with van der Waals surface area (Å²) in [7, 11) is 0. The Labute approximate surface area is 96.2 Å². The Morgan fingerprint density at radius 1 is 1.33 bits per heavy atom. The van der Waals surface area contributed by atoms with E-state index in [4.69, 9.17) is 16.8 Å². The fraction of sp³-hybridized carbons (Fsp3) is 0.500. The highest BCUT2D eigenvalue weighted by atomic mass is 35.5. The summed E-state index contributed by atoms with van der Waals surface area (Å²) < 4.78 is 0. The summed E-state index contributed by atoms with van der Waals surface area (Å²) in [5, 5.41) is 9.39. The number of hydrogen-bond donors (Lipinski definition) is 2. The van der Waals surface area contributed by atoms with Crippen LogP contribution in [0.5, 0.6) is 0 Å². The van der Waals surface area contributed by atoms with Crippen molar-refractivity contribution in [2.45, 2.75) is 39.2 Å². The SMILES string of the molecule is CCC(CC)c1ccc(CNO)cc1Cl. The minimum Gasteiger partial charge on any atom is -0.316 e. The molecule has 1 aromatic carbocycles. The van der Waals surface area contributed by atoms with Crippen LogP contribution in [0.2, 0.25) is 5.02 Å². The van der Waals surface area contributed by atoms with Crippen LogP contribution in [0, 0.1) is 0 Å². The van der Waals surface area contributed by atoms with E-state index < -0.39 is 0 Å². The largest absolute Gasteiger partial charge is 0.316 e. The van der Waals surface area contributed by atoms with E-state index in [1.54, 1.807) is 0 Å². The van der Waals surface area contributed by atoms with Crippen molar-refractivity contribution < 1.29 is 5.21 Å². The summed E-state index contributed by atoms with van der Waals surface area (Å²) in [6, 6.07) is 5.98. The zero-order valence-corrected chi connectivity index (χ0v) is 10.0. The zero-order valence-electron chi connectivity index (χ0n) is 9.26. The number of benzene rings is 1. The maximum atomic E-state index is 8.59. The van der Waals surface area contributed by atoms with E-state index in [1.807, 2.05) is 12.1 Å². The van der Waals surface area contributed by atoms with Gasteiger partial charge in [-0.25, -0.2) is 5.48 Å². The van der Waals surface area contributed by atoms with E-state index in [-0.39, 0.29) is 0 Å². The molecule has 0 spiro atoms. The number of hydrogen-bond acceptors (Lipinski definition) is 2. The molecule has 0 atom stereocenters. The van der Waals surface area contributed by atoms with Crippen LogP contribution in [0.3, 0.4) is 0 Å². The third kappa shape index (κ3) is 3.20. The summed E-state index contributed by atoms with van der Waals surface area (Å²) in [6.07, 6.45) is 2.21. The molecule has 0 heterocycles. The molecule has 0 radical (unpaired) electrons. The summed E-state index contributed by atoms with van der Waals surface area (Å²) in [6.45, 7) is 4.78. The maximum Gasteiger partial charge on any atom is 0.0458 e. The predicted molar refractivity (Wildman–Crippen MR) is 63.4 cm³/mol. The van der Waals surface area contributed by atoms with Gasteiger partial charge in [0, 0.05) is 11.6 Å². The third-order valence-electron chi connectivity index (χ3n) is 2.77. The Kier molecular flexibility index (Phi) is 5.09. The molecule has 2 nitrogen and oxygen atoms in total. The summed E-state index contributed by atoms with van der Waals surface area (Å²) in [5.41, 5.74) is 4.34. The summed E-state index contributed by atoms with van der Waals surface area (Å²) >= 11 is 6.21. The summed E-state index contributed by atoms with van der Waals surface area (Å²) in [5.74, 6) is 0.536. The molecule has 0 bridgehead atoms. The van der Waals surface area contributed by atoms with E-state index in [0.717, 1.165) is 23.4 Å². The molecule has 0 unspecified atom stereocenters. The van der Waals surface area contributed by atoms with E-state index >= 15 is 0 Å². The van der Waals surface area contributed by atoms with Crippen molar-refractivity contribution >= 4 is 11.6 Å². The minimum atomic E-state index is 0.433. The highest BCUT2D eigenvalue weighted by molar-refractivity contribution is 6.31. The molecule has 0 aliphatic carbocycles. The lowest BCUT2D eigenvalue weighted by atomic mass is 9.93. The van der Waals surface area contributed by atoms with Crippen molar-refractivity contribution in [3.05, 3.63) is 34.3 Å². The highest BCUT2D eigenvalue weighted by Gasteiger charge is 2.10. The van der Waals surface area contributed by atoms with Crippen LogP contribution < -0.4 is 5.48 Å². The molecule has 3 heteroatoms. The predicted octanol–water partition coefficient (Wildman–Crippen LogP) is 3.72. The Balaban J connectivity index is 2.91. The van der Waals surface area contributed by atoms with Gasteiger partial charge in [0.1, 0.15) is 0 Å². The van der Waals surface area contributed by atoms with E-state index in [2.05, 4.69) is 25.4 Å². The molecule has 1 aromatic rings. The monoisotopic (exact) mass is 227 g/mol. The molecular weight excluding hydrogens is 210 g/mol. The third-order valence-corrected chi connectivity index (χ3v) is 3.10. The first-order valence-electron chi connectivity index (χ1n) is 5.38. The lowest BCUT2D eigenvalue weighted by Gasteiger charge is -2.15.